The summed E-state index contributed by atoms with van der Waals surface area (Å²) in [6.07, 6.45) is 7.29. The van der Waals surface area contributed by atoms with Crippen LogP contribution in [-0.2, 0) is 0 Å². The monoisotopic (exact) mass is 740 g/mol. The molecule has 2 aliphatic rings. The van der Waals surface area contributed by atoms with Crippen LogP contribution in [0.5, 0.6) is 0 Å². The van der Waals surface area contributed by atoms with Crippen molar-refractivity contribution in [1.29, 1.82) is 0 Å². The Hall–Kier alpha value is -7.56. The predicted octanol–water partition coefficient (Wildman–Crippen LogP) is 13.7. The van der Waals surface area contributed by atoms with Crippen molar-refractivity contribution in [3.63, 3.8) is 0 Å². The van der Waals surface area contributed by atoms with E-state index in [9.17, 15) is 0 Å². The summed E-state index contributed by atoms with van der Waals surface area (Å²) in [5.41, 5.74) is 14.6. The largest absolute Gasteiger partial charge is 0.333 e. The number of rotatable bonds is 4. The molecular weight excluding hydrogens is 705 g/mol. The molecule has 0 spiro atoms. The molecule has 2 atom stereocenters. The molecule has 8 aromatic carbocycles. The molecule has 4 heteroatoms. The Morgan fingerprint density at radius 3 is 1.47 bits per heavy atom. The van der Waals surface area contributed by atoms with E-state index in [1.54, 1.807) is 0 Å². The van der Waals surface area contributed by atoms with Gasteiger partial charge in [-0.15, -0.1) is 0 Å². The van der Waals surface area contributed by atoms with Crippen molar-refractivity contribution in [3.05, 3.63) is 212 Å². The second-order valence-electron chi connectivity index (χ2n) is 15.7. The zero-order valence-electron chi connectivity index (χ0n) is 31.6. The zero-order valence-corrected chi connectivity index (χ0v) is 31.6. The molecule has 0 saturated carbocycles. The topological polar surface area (TPSA) is 18.0 Å². The molecular formula is C54H36N4. The van der Waals surface area contributed by atoms with Gasteiger partial charge in [0, 0.05) is 61.0 Å². The minimum absolute atomic E-state index is 0.125. The van der Waals surface area contributed by atoms with Gasteiger partial charge in [0.05, 0.1) is 44.8 Å². The predicted molar refractivity (Wildman–Crippen MR) is 243 cm³/mol. The number of para-hydroxylation sites is 7. The number of fused-ring (bicyclic) bond motifs is 12. The molecule has 11 aromatic rings. The second kappa shape index (κ2) is 12.0. The first-order valence-corrected chi connectivity index (χ1v) is 20.2. The van der Waals surface area contributed by atoms with E-state index in [1.165, 1.54) is 93.7 Å². The minimum Gasteiger partial charge on any atom is -0.333 e. The van der Waals surface area contributed by atoms with Crippen molar-refractivity contribution in [1.82, 2.24) is 13.7 Å². The Balaban J connectivity index is 1.07. The molecule has 0 fully saturated rings. The summed E-state index contributed by atoms with van der Waals surface area (Å²) in [5, 5.41) is 7.57. The summed E-state index contributed by atoms with van der Waals surface area (Å²) in [6.45, 7) is 0. The smallest absolute Gasteiger partial charge is 0.0782 e. The van der Waals surface area contributed by atoms with E-state index in [-0.39, 0.29) is 12.0 Å². The van der Waals surface area contributed by atoms with Gasteiger partial charge in [-0.25, -0.2) is 0 Å². The summed E-state index contributed by atoms with van der Waals surface area (Å²) in [6, 6.07) is 69.1. The third-order valence-electron chi connectivity index (χ3n) is 12.7. The molecule has 58 heavy (non-hydrogen) atoms. The van der Waals surface area contributed by atoms with E-state index in [0.717, 1.165) is 5.69 Å². The lowest BCUT2D eigenvalue weighted by atomic mass is 9.89. The maximum atomic E-state index is 2.54. The van der Waals surface area contributed by atoms with Crippen molar-refractivity contribution >= 4 is 82.5 Å². The fourth-order valence-corrected chi connectivity index (χ4v) is 10.4. The van der Waals surface area contributed by atoms with Crippen LogP contribution < -0.4 is 4.90 Å². The maximum absolute atomic E-state index is 2.54. The van der Waals surface area contributed by atoms with Gasteiger partial charge in [-0.05, 0) is 78.4 Å². The molecule has 0 amide bonds. The summed E-state index contributed by atoms with van der Waals surface area (Å²) >= 11 is 0. The van der Waals surface area contributed by atoms with Gasteiger partial charge in [0.15, 0.2) is 0 Å². The Bertz CT molecular complexity index is 3430. The van der Waals surface area contributed by atoms with Gasteiger partial charge in [0.1, 0.15) is 0 Å². The lowest BCUT2D eigenvalue weighted by Crippen LogP contribution is -2.29. The Morgan fingerprint density at radius 2 is 0.862 bits per heavy atom. The number of aromatic nitrogens is 3. The molecule has 1 aliphatic carbocycles. The second-order valence-corrected chi connectivity index (χ2v) is 15.7. The Labute approximate surface area is 335 Å². The van der Waals surface area contributed by atoms with Gasteiger partial charge < -0.3 is 18.6 Å². The number of anilines is 2. The van der Waals surface area contributed by atoms with Crippen molar-refractivity contribution in [2.75, 3.05) is 4.90 Å². The average Bonchev–Trinajstić information content (AvgIpc) is 4.01. The number of hydrogen-bond acceptors (Lipinski definition) is 1. The molecule has 0 radical (unpaired) electrons. The first-order chi connectivity index (χ1) is 28.8. The highest BCUT2D eigenvalue weighted by Gasteiger charge is 2.39. The van der Waals surface area contributed by atoms with Crippen molar-refractivity contribution < 1.29 is 0 Å². The summed E-state index contributed by atoms with van der Waals surface area (Å²) in [7, 11) is 0. The first-order valence-electron chi connectivity index (χ1n) is 20.2. The molecule has 0 bridgehead atoms. The standard InChI is InChI=1S/C54H36N4/c1-2-15-35(16-3-1)55-51-31-29-36(56-46-23-9-4-17-38(46)39-18-5-10-24-47(39)56)33-44(51)45-34-37(30-32-52(45)55)57-48-25-11-8-21-42(48)43-22-14-28-53(54(43)57)58-49-26-12-6-19-40(49)41-20-7-13-27-50(41)58/h1-34,44,51H. The van der Waals surface area contributed by atoms with Gasteiger partial charge in [-0.1, -0.05) is 133 Å². The van der Waals surface area contributed by atoms with Crippen LogP contribution in [0.2, 0.25) is 0 Å². The van der Waals surface area contributed by atoms with E-state index in [1.807, 2.05) is 0 Å². The van der Waals surface area contributed by atoms with Gasteiger partial charge in [0.2, 0.25) is 0 Å². The average molecular weight is 741 g/mol. The summed E-state index contributed by atoms with van der Waals surface area (Å²) < 4.78 is 7.44. The first kappa shape index (κ1) is 31.6. The zero-order chi connectivity index (χ0) is 37.9. The third-order valence-corrected chi connectivity index (χ3v) is 12.7. The van der Waals surface area contributed by atoms with Crippen LogP contribution >= 0.6 is 0 Å². The molecule has 0 saturated heterocycles. The highest BCUT2D eigenvalue weighted by Crippen LogP contribution is 2.51. The SMILES string of the molecule is C1=CC2C(C=C1n1c3ccccc3c3ccccc31)c1cc(-n3c4ccccc4c4cccc(-n5c6ccccc6c6ccccc65)c43)ccc1N2c1ccccc1. The normalized spacial score (nSPS) is 16.3. The molecule has 0 N–H and O–H groups in total. The fraction of sp³-hybridized carbons (Fsp3) is 0.0370. The minimum atomic E-state index is 0.125. The number of allylic oxidation sites excluding steroid dienone is 2. The van der Waals surface area contributed by atoms with E-state index >= 15 is 0 Å². The number of hydrogen-bond donors (Lipinski definition) is 0. The quantitative estimate of drug-likeness (QED) is 0.176. The Kier molecular flexibility index (Phi) is 6.53. The summed E-state index contributed by atoms with van der Waals surface area (Å²) in [5.74, 6) is 0.125. The van der Waals surface area contributed by atoms with Crippen LogP contribution in [0, 0.1) is 0 Å². The van der Waals surface area contributed by atoms with Crippen LogP contribution in [-0.4, -0.2) is 19.7 Å². The lowest BCUT2D eigenvalue weighted by Gasteiger charge is -2.30. The van der Waals surface area contributed by atoms with E-state index < -0.39 is 0 Å². The molecule has 4 nitrogen and oxygen atoms in total. The lowest BCUT2D eigenvalue weighted by molar-refractivity contribution is 0.743. The van der Waals surface area contributed by atoms with Crippen molar-refractivity contribution in [3.8, 4) is 11.4 Å². The van der Waals surface area contributed by atoms with Crippen LogP contribution in [0.1, 0.15) is 11.5 Å². The van der Waals surface area contributed by atoms with Gasteiger partial charge >= 0.3 is 0 Å². The Morgan fingerprint density at radius 1 is 0.362 bits per heavy atom. The van der Waals surface area contributed by atoms with Crippen LogP contribution in [0.4, 0.5) is 11.4 Å². The number of nitrogens with zero attached hydrogens (tertiary/aromatic N) is 4. The van der Waals surface area contributed by atoms with Crippen molar-refractivity contribution in [2.45, 2.75) is 12.0 Å². The fourth-order valence-electron chi connectivity index (χ4n) is 10.4. The van der Waals surface area contributed by atoms with E-state index in [2.05, 4.69) is 225 Å². The summed E-state index contributed by atoms with van der Waals surface area (Å²) in [4.78, 5) is 2.54. The molecule has 13 rings (SSSR count). The van der Waals surface area contributed by atoms with Crippen molar-refractivity contribution in [2.24, 2.45) is 0 Å². The van der Waals surface area contributed by atoms with Crippen LogP contribution in [0.3, 0.4) is 0 Å². The van der Waals surface area contributed by atoms with E-state index in [0.29, 0.717) is 0 Å². The van der Waals surface area contributed by atoms with Crippen LogP contribution in [0.25, 0.3) is 82.5 Å². The molecule has 1 aliphatic heterocycles. The van der Waals surface area contributed by atoms with E-state index in [4.69, 9.17) is 0 Å². The van der Waals surface area contributed by atoms with Gasteiger partial charge in [0.25, 0.3) is 0 Å². The van der Waals surface area contributed by atoms with Gasteiger partial charge in [-0.3, -0.25) is 0 Å². The number of benzene rings is 8. The molecule has 3 aromatic heterocycles. The highest BCUT2D eigenvalue weighted by molar-refractivity contribution is 6.15. The van der Waals surface area contributed by atoms with Crippen LogP contribution in [0.15, 0.2) is 206 Å². The maximum Gasteiger partial charge on any atom is 0.0782 e. The van der Waals surface area contributed by atoms with Gasteiger partial charge in [-0.2, -0.15) is 0 Å². The molecule has 272 valence electrons. The third kappa shape index (κ3) is 4.29. The molecule has 4 heterocycles. The molecule has 2 unspecified atom stereocenters. The highest BCUT2D eigenvalue weighted by atomic mass is 15.2.